The average molecular weight is 387 g/mol. The zero-order valence-electron chi connectivity index (χ0n) is 12.5. The zero-order chi connectivity index (χ0) is 13.5. The molecule has 112 valence electrons. The number of aliphatic imine (C=N–C) groups is 1. The summed E-state index contributed by atoms with van der Waals surface area (Å²) in [7, 11) is 1.84. The molecule has 0 radical (unpaired) electrons. The molecular weight excluding hydrogens is 361 g/mol. The molecule has 2 N–H and O–H groups in total. The van der Waals surface area contributed by atoms with Crippen LogP contribution in [0.2, 0.25) is 0 Å². The van der Waals surface area contributed by atoms with Gasteiger partial charge in [-0.25, -0.2) is 0 Å². The molecule has 20 heavy (non-hydrogen) atoms. The van der Waals surface area contributed by atoms with Crippen molar-refractivity contribution >= 4 is 29.9 Å². The van der Waals surface area contributed by atoms with Crippen LogP contribution in [0.1, 0.15) is 43.2 Å². The molecule has 4 heteroatoms. The third-order valence-corrected chi connectivity index (χ3v) is 3.75. The largest absolute Gasteiger partial charge is 0.354 e. The van der Waals surface area contributed by atoms with E-state index in [9.17, 15) is 0 Å². The fourth-order valence-electron chi connectivity index (χ4n) is 2.53. The first-order valence-corrected chi connectivity index (χ1v) is 7.30. The minimum Gasteiger partial charge on any atom is -0.354 e. The van der Waals surface area contributed by atoms with Crippen LogP contribution in [0.15, 0.2) is 29.3 Å². The first kappa shape index (κ1) is 17.3. The summed E-state index contributed by atoms with van der Waals surface area (Å²) in [5, 5.41) is 6.92. The maximum Gasteiger partial charge on any atom is 0.191 e. The fourth-order valence-corrected chi connectivity index (χ4v) is 2.53. The Morgan fingerprint density at radius 2 is 1.80 bits per heavy atom. The Hall–Kier alpha value is -0.780. The number of rotatable bonds is 3. The first-order valence-electron chi connectivity index (χ1n) is 7.30. The third kappa shape index (κ3) is 5.69. The van der Waals surface area contributed by atoms with Crippen molar-refractivity contribution in [2.75, 3.05) is 7.05 Å². The molecule has 0 bridgehead atoms. The van der Waals surface area contributed by atoms with Gasteiger partial charge in [-0.05, 0) is 25.3 Å². The molecule has 0 atom stereocenters. The molecular formula is C16H26IN3. The molecule has 1 saturated carbocycles. The van der Waals surface area contributed by atoms with Crippen LogP contribution in [0.3, 0.4) is 0 Å². The summed E-state index contributed by atoms with van der Waals surface area (Å²) in [5.74, 6) is 0.924. The van der Waals surface area contributed by atoms with Gasteiger partial charge in [-0.2, -0.15) is 0 Å². The van der Waals surface area contributed by atoms with Crippen LogP contribution < -0.4 is 10.6 Å². The van der Waals surface area contributed by atoms with E-state index in [2.05, 4.69) is 46.8 Å². The smallest absolute Gasteiger partial charge is 0.191 e. The first-order chi connectivity index (χ1) is 9.28. The fraction of sp³-hybridized carbons (Fsp3) is 0.562. The lowest BCUT2D eigenvalue weighted by molar-refractivity contribution is 0.410. The van der Waals surface area contributed by atoms with E-state index in [1.165, 1.54) is 43.2 Å². The Morgan fingerprint density at radius 3 is 2.40 bits per heavy atom. The van der Waals surface area contributed by atoms with Gasteiger partial charge in [-0.3, -0.25) is 4.99 Å². The third-order valence-electron chi connectivity index (χ3n) is 3.75. The molecule has 0 spiro atoms. The quantitative estimate of drug-likeness (QED) is 0.472. The summed E-state index contributed by atoms with van der Waals surface area (Å²) in [5.41, 5.74) is 2.59. The molecule has 0 saturated heterocycles. The van der Waals surface area contributed by atoms with Crippen molar-refractivity contribution < 1.29 is 0 Å². The summed E-state index contributed by atoms with van der Waals surface area (Å²) >= 11 is 0. The van der Waals surface area contributed by atoms with Crippen molar-refractivity contribution in [3.8, 4) is 0 Å². The van der Waals surface area contributed by atoms with Crippen LogP contribution >= 0.6 is 24.0 Å². The monoisotopic (exact) mass is 387 g/mol. The maximum atomic E-state index is 4.31. The second-order valence-electron chi connectivity index (χ2n) is 5.39. The van der Waals surface area contributed by atoms with Gasteiger partial charge >= 0.3 is 0 Å². The minimum absolute atomic E-state index is 0. The number of nitrogens with zero attached hydrogens (tertiary/aromatic N) is 1. The van der Waals surface area contributed by atoms with Crippen molar-refractivity contribution in [3.63, 3.8) is 0 Å². The minimum atomic E-state index is 0. The molecule has 1 aromatic rings. The Kier molecular flexibility index (Phi) is 7.95. The van der Waals surface area contributed by atoms with Gasteiger partial charge in [0.15, 0.2) is 5.96 Å². The molecule has 2 rings (SSSR count). The Bertz CT molecular complexity index is 408. The number of guanidine groups is 1. The second-order valence-corrected chi connectivity index (χ2v) is 5.39. The van der Waals surface area contributed by atoms with Gasteiger partial charge in [0.1, 0.15) is 0 Å². The molecule has 1 aliphatic rings. The predicted molar refractivity (Wildman–Crippen MR) is 96.8 cm³/mol. The van der Waals surface area contributed by atoms with Gasteiger partial charge in [-0.15, -0.1) is 24.0 Å². The van der Waals surface area contributed by atoms with Crippen LogP contribution in [-0.4, -0.2) is 19.0 Å². The van der Waals surface area contributed by atoms with E-state index in [0.717, 1.165) is 12.5 Å². The normalized spacial score (nSPS) is 16.4. The lowest BCUT2D eigenvalue weighted by atomic mass is 9.96. The molecule has 0 amide bonds. The number of nitrogens with one attached hydrogen (secondary N) is 2. The van der Waals surface area contributed by atoms with Crippen LogP contribution in [-0.2, 0) is 6.54 Å². The van der Waals surface area contributed by atoms with E-state index in [1.54, 1.807) is 0 Å². The average Bonchev–Trinajstić information content (AvgIpc) is 2.46. The SMILES string of the molecule is CN=C(NCc1ccc(C)cc1)NC1CCCCC1.I. The van der Waals surface area contributed by atoms with Crippen LogP contribution in [0.25, 0.3) is 0 Å². The summed E-state index contributed by atoms with van der Waals surface area (Å²) in [6.07, 6.45) is 6.60. The van der Waals surface area contributed by atoms with Gasteiger partial charge in [0.05, 0.1) is 0 Å². The summed E-state index contributed by atoms with van der Waals surface area (Å²) < 4.78 is 0. The zero-order valence-corrected chi connectivity index (χ0v) is 14.8. The second kappa shape index (κ2) is 9.21. The number of hydrogen-bond acceptors (Lipinski definition) is 1. The summed E-state index contributed by atoms with van der Waals surface area (Å²) in [6.45, 7) is 2.94. The van der Waals surface area contributed by atoms with E-state index in [1.807, 2.05) is 7.05 Å². The predicted octanol–water partition coefficient (Wildman–Crippen LogP) is 3.61. The van der Waals surface area contributed by atoms with Crippen molar-refractivity contribution in [3.05, 3.63) is 35.4 Å². The van der Waals surface area contributed by atoms with Gasteiger partial charge in [0, 0.05) is 19.6 Å². The molecule has 0 aliphatic heterocycles. The number of aryl methyl sites for hydroxylation is 1. The summed E-state index contributed by atoms with van der Waals surface area (Å²) in [4.78, 5) is 4.31. The highest BCUT2D eigenvalue weighted by Crippen LogP contribution is 2.17. The van der Waals surface area contributed by atoms with E-state index >= 15 is 0 Å². The Balaban J connectivity index is 0.00000200. The van der Waals surface area contributed by atoms with Gasteiger partial charge < -0.3 is 10.6 Å². The lowest BCUT2D eigenvalue weighted by Crippen LogP contribution is -2.43. The molecule has 1 fully saturated rings. The molecule has 1 aromatic carbocycles. The van der Waals surface area contributed by atoms with Gasteiger partial charge in [0.2, 0.25) is 0 Å². The van der Waals surface area contributed by atoms with Gasteiger partial charge in [-0.1, -0.05) is 49.1 Å². The van der Waals surface area contributed by atoms with Crippen molar-refractivity contribution in [1.29, 1.82) is 0 Å². The van der Waals surface area contributed by atoms with Gasteiger partial charge in [0.25, 0.3) is 0 Å². The molecule has 3 nitrogen and oxygen atoms in total. The van der Waals surface area contributed by atoms with Crippen LogP contribution in [0.5, 0.6) is 0 Å². The number of halogens is 1. The molecule has 1 aliphatic carbocycles. The highest BCUT2D eigenvalue weighted by Gasteiger charge is 2.14. The highest BCUT2D eigenvalue weighted by molar-refractivity contribution is 14.0. The molecule has 0 unspecified atom stereocenters. The number of hydrogen-bond donors (Lipinski definition) is 2. The van der Waals surface area contributed by atoms with Crippen LogP contribution in [0.4, 0.5) is 0 Å². The van der Waals surface area contributed by atoms with Crippen LogP contribution in [0, 0.1) is 6.92 Å². The van der Waals surface area contributed by atoms with E-state index in [0.29, 0.717) is 6.04 Å². The number of benzene rings is 1. The van der Waals surface area contributed by atoms with Crippen molar-refractivity contribution in [1.82, 2.24) is 10.6 Å². The Morgan fingerprint density at radius 1 is 1.15 bits per heavy atom. The standard InChI is InChI=1S/C16H25N3.HI/c1-13-8-10-14(11-9-13)12-18-16(17-2)19-15-6-4-3-5-7-15;/h8-11,15H,3-7,12H2,1-2H3,(H2,17,18,19);1H. The van der Waals surface area contributed by atoms with Crippen molar-refractivity contribution in [2.24, 2.45) is 4.99 Å². The molecule has 0 heterocycles. The highest BCUT2D eigenvalue weighted by atomic mass is 127. The summed E-state index contributed by atoms with van der Waals surface area (Å²) in [6, 6.07) is 9.22. The van der Waals surface area contributed by atoms with E-state index < -0.39 is 0 Å². The van der Waals surface area contributed by atoms with Crippen molar-refractivity contribution in [2.45, 2.75) is 51.6 Å². The molecule has 0 aromatic heterocycles. The lowest BCUT2D eigenvalue weighted by Gasteiger charge is -2.24. The maximum absolute atomic E-state index is 4.31. The topological polar surface area (TPSA) is 36.4 Å². The Labute approximate surface area is 139 Å². The van der Waals surface area contributed by atoms with E-state index in [4.69, 9.17) is 0 Å². The van der Waals surface area contributed by atoms with E-state index in [-0.39, 0.29) is 24.0 Å².